The standard InChI is InChI=1S/C18H18N2O4S/c1-10-5-6-15(25-10)14-8-13(16-11(2)20-24-17(16)19-14)18(21)23-9-12-4-3-7-22-12/h5-6,8,12H,3-4,7,9H2,1-2H3/t12-/m1/s1. The van der Waals surface area contributed by atoms with E-state index in [1.165, 1.54) is 4.88 Å². The van der Waals surface area contributed by atoms with Crippen molar-refractivity contribution in [3.05, 3.63) is 34.3 Å². The largest absolute Gasteiger partial charge is 0.459 e. The van der Waals surface area contributed by atoms with Gasteiger partial charge in [-0.25, -0.2) is 9.78 Å². The molecule has 0 aromatic carbocycles. The summed E-state index contributed by atoms with van der Waals surface area (Å²) in [5.74, 6) is -0.399. The number of aryl methyl sites for hydroxylation is 2. The number of rotatable bonds is 4. The maximum absolute atomic E-state index is 12.7. The molecule has 1 aliphatic rings. The molecule has 0 aliphatic carbocycles. The number of carbonyl (C=O) groups is 1. The van der Waals surface area contributed by atoms with Crippen LogP contribution in [0.15, 0.2) is 22.7 Å². The molecular formula is C18H18N2O4S. The summed E-state index contributed by atoms with van der Waals surface area (Å²) >= 11 is 1.61. The highest BCUT2D eigenvalue weighted by Crippen LogP contribution is 2.31. The van der Waals surface area contributed by atoms with Gasteiger partial charge in [0.2, 0.25) is 0 Å². The molecule has 1 aliphatic heterocycles. The number of hydrogen-bond acceptors (Lipinski definition) is 7. The van der Waals surface area contributed by atoms with Crippen molar-refractivity contribution in [2.24, 2.45) is 0 Å². The van der Waals surface area contributed by atoms with E-state index in [4.69, 9.17) is 14.0 Å². The van der Waals surface area contributed by atoms with Gasteiger partial charge in [-0.3, -0.25) is 0 Å². The SMILES string of the molecule is Cc1ccc(-c2cc(C(=O)OC[C@H]3CCCO3)c3c(C)noc3n2)s1. The second-order valence-corrected chi connectivity index (χ2v) is 7.43. The number of carbonyl (C=O) groups excluding carboxylic acids is 1. The van der Waals surface area contributed by atoms with Gasteiger partial charge in [-0.1, -0.05) is 5.16 Å². The molecule has 4 rings (SSSR count). The zero-order valence-corrected chi connectivity index (χ0v) is 14.9. The summed E-state index contributed by atoms with van der Waals surface area (Å²) in [6.07, 6.45) is 1.92. The van der Waals surface area contributed by atoms with Crippen molar-refractivity contribution in [3.63, 3.8) is 0 Å². The van der Waals surface area contributed by atoms with Crippen LogP contribution in [-0.4, -0.2) is 35.4 Å². The van der Waals surface area contributed by atoms with Gasteiger partial charge >= 0.3 is 5.97 Å². The highest BCUT2D eigenvalue weighted by Gasteiger charge is 2.23. The highest BCUT2D eigenvalue weighted by atomic mass is 32.1. The molecule has 0 bridgehead atoms. The average molecular weight is 358 g/mol. The summed E-state index contributed by atoms with van der Waals surface area (Å²) in [4.78, 5) is 19.3. The Bertz CT molecular complexity index is 924. The molecule has 130 valence electrons. The van der Waals surface area contributed by atoms with Crippen molar-refractivity contribution in [2.75, 3.05) is 13.2 Å². The third-order valence-corrected chi connectivity index (χ3v) is 5.28. The van der Waals surface area contributed by atoms with Gasteiger partial charge in [-0.05, 0) is 44.9 Å². The molecule has 4 heterocycles. The van der Waals surface area contributed by atoms with Crippen LogP contribution in [0.2, 0.25) is 0 Å². The fourth-order valence-electron chi connectivity index (χ4n) is 2.98. The van der Waals surface area contributed by atoms with Gasteiger partial charge in [0.05, 0.1) is 33.3 Å². The lowest BCUT2D eigenvalue weighted by Crippen LogP contribution is -2.18. The van der Waals surface area contributed by atoms with Crippen molar-refractivity contribution in [1.29, 1.82) is 0 Å². The predicted octanol–water partition coefficient (Wildman–Crippen LogP) is 3.90. The monoisotopic (exact) mass is 358 g/mol. The van der Waals surface area contributed by atoms with Crippen molar-refractivity contribution in [2.45, 2.75) is 32.8 Å². The molecule has 1 atom stereocenters. The fourth-order valence-corrected chi connectivity index (χ4v) is 3.80. The first-order valence-electron chi connectivity index (χ1n) is 8.24. The summed E-state index contributed by atoms with van der Waals surface area (Å²) in [6.45, 7) is 4.82. The summed E-state index contributed by atoms with van der Waals surface area (Å²) in [6, 6.07) is 5.77. The zero-order valence-electron chi connectivity index (χ0n) is 14.1. The smallest absolute Gasteiger partial charge is 0.339 e. The Kier molecular flexibility index (Phi) is 4.27. The lowest BCUT2D eigenvalue weighted by molar-refractivity contribution is 0.0163. The minimum Gasteiger partial charge on any atom is -0.459 e. The number of pyridine rings is 1. The van der Waals surface area contributed by atoms with Crippen LogP contribution in [0.3, 0.4) is 0 Å². The molecule has 0 N–H and O–H groups in total. The van der Waals surface area contributed by atoms with E-state index in [1.807, 2.05) is 19.1 Å². The maximum Gasteiger partial charge on any atom is 0.339 e. The molecular weight excluding hydrogens is 340 g/mol. The third-order valence-electron chi connectivity index (χ3n) is 4.25. The van der Waals surface area contributed by atoms with Crippen LogP contribution in [0.25, 0.3) is 21.7 Å². The number of hydrogen-bond donors (Lipinski definition) is 0. The first kappa shape index (κ1) is 16.2. The van der Waals surface area contributed by atoms with Gasteiger partial charge in [0, 0.05) is 11.5 Å². The van der Waals surface area contributed by atoms with E-state index in [-0.39, 0.29) is 12.7 Å². The summed E-state index contributed by atoms with van der Waals surface area (Å²) in [5, 5.41) is 4.56. The normalized spacial score (nSPS) is 17.3. The third kappa shape index (κ3) is 3.17. The van der Waals surface area contributed by atoms with Crippen molar-refractivity contribution in [3.8, 4) is 10.6 Å². The number of aromatic nitrogens is 2. The van der Waals surface area contributed by atoms with Gasteiger partial charge < -0.3 is 14.0 Å². The molecule has 0 radical (unpaired) electrons. The predicted molar refractivity (Wildman–Crippen MR) is 93.8 cm³/mol. The first-order chi connectivity index (χ1) is 12.1. The Morgan fingerprint density at radius 1 is 1.40 bits per heavy atom. The minimum absolute atomic E-state index is 0.00994. The molecule has 6 nitrogen and oxygen atoms in total. The lowest BCUT2D eigenvalue weighted by Gasteiger charge is -2.11. The van der Waals surface area contributed by atoms with Gasteiger partial charge in [0.15, 0.2) is 0 Å². The van der Waals surface area contributed by atoms with Crippen LogP contribution < -0.4 is 0 Å². The quantitative estimate of drug-likeness (QED) is 0.659. The molecule has 1 saturated heterocycles. The molecule has 0 unspecified atom stereocenters. The molecule has 3 aromatic rings. The van der Waals surface area contributed by atoms with Gasteiger partial charge in [-0.2, -0.15) is 0 Å². The molecule has 3 aromatic heterocycles. The number of thiophene rings is 1. The molecule has 0 amide bonds. The maximum atomic E-state index is 12.7. The summed E-state index contributed by atoms with van der Waals surface area (Å²) in [7, 11) is 0. The second kappa shape index (κ2) is 6.57. The van der Waals surface area contributed by atoms with Crippen molar-refractivity contribution < 1.29 is 18.8 Å². The van der Waals surface area contributed by atoms with Crippen LogP contribution in [-0.2, 0) is 9.47 Å². The molecule has 0 spiro atoms. The Morgan fingerprint density at radius 2 is 2.28 bits per heavy atom. The first-order valence-corrected chi connectivity index (χ1v) is 9.06. The van der Waals surface area contributed by atoms with Crippen molar-refractivity contribution in [1.82, 2.24) is 10.1 Å². The number of esters is 1. The molecule has 25 heavy (non-hydrogen) atoms. The number of fused-ring (bicyclic) bond motifs is 1. The van der Waals surface area contributed by atoms with Gasteiger partial charge in [-0.15, -0.1) is 11.3 Å². The number of ether oxygens (including phenoxy) is 2. The van der Waals surface area contributed by atoms with E-state index in [9.17, 15) is 4.79 Å². The van der Waals surface area contributed by atoms with E-state index in [0.717, 1.165) is 24.3 Å². The Balaban J connectivity index is 1.69. The van der Waals surface area contributed by atoms with E-state index in [2.05, 4.69) is 10.1 Å². The summed E-state index contributed by atoms with van der Waals surface area (Å²) in [5.41, 5.74) is 2.10. The minimum atomic E-state index is -0.399. The Hall–Kier alpha value is -2.25. The second-order valence-electron chi connectivity index (χ2n) is 6.15. The van der Waals surface area contributed by atoms with E-state index in [1.54, 1.807) is 24.3 Å². The summed E-state index contributed by atoms with van der Waals surface area (Å²) < 4.78 is 16.3. The Morgan fingerprint density at radius 3 is 3.00 bits per heavy atom. The molecule has 0 saturated carbocycles. The zero-order chi connectivity index (χ0) is 17.4. The van der Waals surface area contributed by atoms with Gasteiger partial charge in [0.25, 0.3) is 5.71 Å². The van der Waals surface area contributed by atoms with E-state index in [0.29, 0.717) is 28.1 Å². The van der Waals surface area contributed by atoms with Gasteiger partial charge in [0.1, 0.15) is 6.61 Å². The van der Waals surface area contributed by atoms with Crippen LogP contribution in [0.5, 0.6) is 0 Å². The molecule has 7 heteroatoms. The lowest BCUT2D eigenvalue weighted by atomic mass is 10.1. The van der Waals surface area contributed by atoms with E-state index >= 15 is 0 Å². The van der Waals surface area contributed by atoms with Crippen LogP contribution >= 0.6 is 11.3 Å². The number of nitrogens with zero attached hydrogens (tertiary/aromatic N) is 2. The van der Waals surface area contributed by atoms with E-state index < -0.39 is 5.97 Å². The van der Waals surface area contributed by atoms with Crippen LogP contribution in [0.4, 0.5) is 0 Å². The topological polar surface area (TPSA) is 74.5 Å². The molecule has 1 fully saturated rings. The Labute approximate surface area is 148 Å². The average Bonchev–Trinajstić information content (AvgIpc) is 3.34. The fraction of sp³-hybridized carbons (Fsp3) is 0.389. The van der Waals surface area contributed by atoms with Crippen molar-refractivity contribution >= 4 is 28.4 Å². The van der Waals surface area contributed by atoms with Crippen LogP contribution in [0, 0.1) is 13.8 Å². The van der Waals surface area contributed by atoms with Crippen LogP contribution in [0.1, 0.15) is 33.8 Å². The highest BCUT2D eigenvalue weighted by molar-refractivity contribution is 7.15.